The number of benzene rings is 1. The second kappa shape index (κ2) is 5.35. The van der Waals surface area contributed by atoms with Crippen LogP contribution in [0.1, 0.15) is 18.9 Å². The van der Waals surface area contributed by atoms with Gasteiger partial charge in [-0.25, -0.2) is 0 Å². The second-order valence-corrected chi connectivity index (χ2v) is 4.83. The van der Waals surface area contributed by atoms with Crippen molar-refractivity contribution in [1.82, 2.24) is 0 Å². The van der Waals surface area contributed by atoms with Crippen LogP contribution in [0.25, 0.3) is 0 Å². The maximum atomic E-state index is 11.0. The quantitative estimate of drug-likeness (QED) is 0.659. The summed E-state index contributed by atoms with van der Waals surface area (Å²) in [6.45, 7) is 5.41. The summed E-state index contributed by atoms with van der Waals surface area (Å²) in [5, 5.41) is 14.3. The second-order valence-electron chi connectivity index (χ2n) is 4.83. The molecule has 0 bridgehead atoms. The number of anilines is 1. The monoisotopic (exact) mass is 250 g/mol. The van der Waals surface area contributed by atoms with Gasteiger partial charge in [0.1, 0.15) is 5.69 Å². The van der Waals surface area contributed by atoms with Gasteiger partial charge < -0.3 is 10.1 Å². The van der Waals surface area contributed by atoms with Gasteiger partial charge in [-0.05, 0) is 31.9 Å². The summed E-state index contributed by atoms with van der Waals surface area (Å²) >= 11 is 0. The van der Waals surface area contributed by atoms with Crippen LogP contribution >= 0.6 is 0 Å². The molecule has 5 nitrogen and oxygen atoms in total. The van der Waals surface area contributed by atoms with Gasteiger partial charge in [-0.1, -0.05) is 6.07 Å². The Bertz CT molecular complexity index is 442. The fourth-order valence-electron chi connectivity index (χ4n) is 2.23. The van der Waals surface area contributed by atoms with E-state index in [1.807, 2.05) is 19.9 Å². The predicted octanol–water partition coefficient (Wildman–Crippen LogP) is 2.74. The molecule has 1 saturated heterocycles. The van der Waals surface area contributed by atoms with Gasteiger partial charge in [-0.2, -0.15) is 0 Å². The number of ether oxygens (including phenoxy) is 1. The van der Waals surface area contributed by atoms with Gasteiger partial charge in [-0.15, -0.1) is 0 Å². The summed E-state index contributed by atoms with van der Waals surface area (Å²) in [7, 11) is 0. The number of nitrogens with zero attached hydrogens (tertiary/aromatic N) is 1. The Hall–Kier alpha value is -1.62. The highest BCUT2D eigenvalue weighted by atomic mass is 16.6. The fourth-order valence-corrected chi connectivity index (χ4v) is 2.23. The molecule has 98 valence electrons. The van der Waals surface area contributed by atoms with E-state index < -0.39 is 0 Å². The maximum absolute atomic E-state index is 11.0. The van der Waals surface area contributed by atoms with E-state index in [2.05, 4.69) is 5.32 Å². The minimum absolute atomic E-state index is 0.140. The van der Waals surface area contributed by atoms with E-state index in [0.29, 0.717) is 11.6 Å². The summed E-state index contributed by atoms with van der Waals surface area (Å²) in [5.74, 6) is 0.422. The van der Waals surface area contributed by atoms with Crippen molar-refractivity contribution < 1.29 is 9.66 Å². The summed E-state index contributed by atoms with van der Waals surface area (Å²) in [6.07, 6.45) is 1.01. The van der Waals surface area contributed by atoms with Gasteiger partial charge in [0, 0.05) is 24.6 Å². The van der Waals surface area contributed by atoms with E-state index in [1.54, 1.807) is 12.1 Å². The number of aryl methyl sites for hydroxylation is 1. The van der Waals surface area contributed by atoms with Crippen molar-refractivity contribution in [3.05, 3.63) is 33.9 Å². The number of hydrogen-bond donors (Lipinski definition) is 1. The van der Waals surface area contributed by atoms with Crippen LogP contribution in [0.15, 0.2) is 18.2 Å². The molecule has 1 aromatic rings. The fraction of sp³-hybridized carbons (Fsp3) is 0.538. The molecule has 2 rings (SSSR count). The first kappa shape index (κ1) is 12.8. The van der Waals surface area contributed by atoms with Crippen LogP contribution in [0.3, 0.4) is 0 Å². The van der Waals surface area contributed by atoms with Crippen LogP contribution in [-0.2, 0) is 4.74 Å². The molecule has 1 heterocycles. The molecule has 1 N–H and O–H groups in total. The topological polar surface area (TPSA) is 64.4 Å². The lowest BCUT2D eigenvalue weighted by Gasteiger charge is -2.20. The molecule has 0 amide bonds. The van der Waals surface area contributed by atoms with Crippen molar-refractivity contribution in [2.24, 2.45) is 5.92 Å². The molecular formula is C13H18N2O3. The average molecular weight is 250 g/mol. The maximum Gasteiger partial charge on any atom is 0.292 e. The number of hydrogen-bond acceptors (Lipinski definition) is 4. The van der Waals surface area contributed by atoms with Gasteiger partial charge in [0.25, 0.3) is 5.69 Å². The molecule has 2 atom stereocenters. The lowest BCUT2D eigenvalue weighted by atomic mass is 10.0. The zero-order valence-corrected chi connectivity index (χ0v) is 10.7. The predicted molar refractivity (Wildman–Crippen MR) is 69.8 cm³/mol. The summed E-state index contributed by atoms with van der Waals surface area (Å²) in [6, 6.07) is 5.43. The molecule has 2 unspecified atom stereocenters. The third kappa shape index (κ3) is 2.79. The number of nitro benzene ring substituents is 1. The smallest absolute Gasteiger partial charge is 0.292 e. The van der Waals surface area contributed by atoms with Crippen molar-refractivity contribution in [3.8, 4) is 0 Å². The molecule has 0 saturated carbocycles. The van der Waals surface area contributed by atoms with Crippen LogP contribution in [0, 0.1) is 23.0 Å². The van der Waals surface area contributed by atoms with Crippen molar-refractivity contribution in [3.63, 3.8) is 0 Å². The lowest BCUT2D eigenvalue weighted by Crippen LogP contribution is -2.26. The van der Waals surface area contributed by atoms with Gasteiger partial charge in [0.05, 0.1) is 11.5 Å². The van der Waals surface area contributed by atoms with E-state index >= 15 is 0 Å². The summed E-state index contributed by atoms with van der Waals surface area (Å²) < 4.78 is 5.34. The van der Waals surface area contributed by atoms with Gasteiger partial charge in [0.2, 0.25) is 0 Å². The Labute approximate surface area is 106 Å². The average Bonchev–Trinajstić information content (AvgIpc) is 2.84. The molecule has 1 aliphatic rings. The third-order valence-electron chi connectivity index (χ3n) is 3.41. The van der Waals surface area contributed by atoms with Crippen LogP contribution in [0.4, 0.5) is 11.4 Å². The van der Waals surface area contributed by atoms with E-state index in [-0.39, 0.29) is 16.7 Å². The molecule has 1 aliphatic heterocycles. The summed E-state index contributed by atoms with van der Waals surface area (Å²) in [4.78, 5) is 10.7. The molecule has 0 aliphatic carbocycles. The van der Waals surface area contributed by atoms with E-state index in [9.17, 15) is 10.1 Å². The zero-order chi connectivity index (χ0) is 13.1. The van der Waals surface area contributed by atoms with Gasteiger partial charge in [0.15, 0.2) is 0 Å². The highest BCUT2D eigenvalue weighted by molar-refractivity contribution is 5.62. The molecule has 0 aromatic heterocycles. The Morgan fingerprint density at radius 1 is 1.56 bits per heavy atom. The number of nitro groups is 1. The highest BCUT2D eigenvalue weighted by Crippen LogP contribution is 2.28. The van der Waals surface area contributed by atoms with E-state index in [4.69, 9.17) is 4.74 Å². The van der Waals surface area contributed by atoms with Crippen LogP contribution in [0.2, 0.25) is 0 Å². The zero-order valence-electron chi connectivity index (χ0n) is 10.7. The molecule has 1 aromatic carbocycles. The largest absolute Gasteiger partial charge is 0.381 e. The number of rotatable bonds is 4. The Morgan fingerprint density at radius 3 is 2.94 bits per heavy atom. The highest BCUT2D eigenvalue weighted by Gasteiger charge is 2.24. The van der Waals surface area contributed by atoms with E-state index in [0.717, 1.165) is 25.2 Å². The molecule has 18 heavy (non-hydrogen) atoms. The standard InChI is InChI=1S/C13H18N2O3/c1-9-3-4-12(13(7-9)15(16)17)14-10(2)11-5-6-18-8-11/h3-4,7,10-11,14H,5-6,8H2,1-2H3. The Morgan fingerprint density at radius 2 is 2.33 bits per heavy atom. The minimum Gasteiger partial charge on any atom is -0.381 e. The SMILES string of the molecule is Cc1ccc(NC(C)C2CCOC2)c([N+](=O)[O-])c1. The third-order valence-corrected chi connectivity index (χ3v) is 3.41. The van der Waals surface area contributed by atoms with Crippen LogP contribution in [-0.4, -0.2) is 24.2 Å². The molecule has 0 radical (unpaired) electrons. The first-order valence-corrected chi connectivity index (χ1v) is 6.17. The van der Waals surface area contributed by atoms with Crippen molar-refractivity contribution >= 4 is 11.4 Å². The molecule has 5 heteroatoms. The van der Waals surface area contributed by atoms with Gasteiger partial charge >= 0.3 is 0 Å². The Kier molecular flexibility index (Phi) is 3.81. The van der Waals surface area contributed by atoms with Crippen molar-refractivity contribution in [1.29, 1.82) is 0 Å². The number of nitrogens with one attached hydrogen (secondary N) is 1. The van der Waals surface area contributed by atoms with Crippen molar-refractivity contribution in [2.45, 2.75) is 26.3 Å². The van der Waals surface area contributed by atoms with Crippen molar-refractivity contribution in [2.75, 3.05) is 18.5 Å². The Balaban J connectivity index is 2.15. The van der Waals surface area contributed by atoms with Gasteiger partial charge in [-0.3, -0.25) is 10.1 Å². The summed E-state index contributed by atoms with van der Waals surface area (Å²) in [5.41, 5.74) is 1.62. The van der Waals surface area contributed by atoms with E-state index in [1.165, 1.54) is 0 Å². The van der Waals surface area contributed by atoms with Crippen LogP contribution in [0.5, 0.6) is 0 Å². The first-order valence-electron chi connectivity index (χ1n) is 6.17. The van der Waals surface area contributed by atoms with Crippen LogP contribution < -0.4 is 5.32 Å². The lowest BCUT2D eigenvalue weighted by molar-refractivity contribution is -0.384. The minimum atomic E-state index is -0.340. The molecule has 0 spiro atoms. The molecule has 1 fully saturated rings. The molecular weight excluding hydrogens is 232 g/mol. The normalized spacial score (nSPS) is 20.7. The first-order chi connectivity index (χ1) is 8.58.